The first-order chi connectivity index (χ1) is 10.2. The normalized spacial score (nSPS) is 19.0. The highest BCUT2D eigenvalue weighted by Crippen LogP contribution is 2.21. The molecular formula is C15H22N2O4S. The molecule has 0 spiro atoms. The predicted molar refractivity (Wildman–Crippen MR) is 85.2 cm³/mol. The molecule has 1 amide bonds. The van der Waals surface area contributed by atoms with Crippen LogP contribution in [0.2, 0.25) is 0 Å². The van der Waals surface area contributed by atoms with E-state index in [9.17, 15) is 13.2 Å². The van der Waals surface area contributed by atoms with E-state index in [0.717, 1.165) is 0 Å². The quantitative estimate of drug-likeness (QED) is 0.925. The third-order valence-corrected chi connectivity index (χ3v) is 5.05. The van der Waals surface area contributed by atoms with Crippen LogP contribution in [0, 0.1) is 0 Å². The minimum atomic E-state index is -3.52. The summed E-state index contributed by atoms with van der Waals surface area (Å²) in [6.07, 6.45) is -0.0635. The summed E-state index contributed by atoms with van der Waals surface area (Å²) < 4.78 is 32.6. The lowest BCUT2D eigenvalue weighted by molar-refractivity contribution is 0.0295. The zero-order valence-electron chi connectivity index (χ0n) is 13.1. The van der Waals surface area contributed by atoms with Crippen LogP contribution < -0.4 is 4.72 Å². The van der Waals surface area contributed by atoms with Crippen LogP contribution in [-0.2, 0) is 14.8 Å². The number of nitrogens with zero attached hydrogens (tertiary/aromatic N) is 1. The molecule has 7 heteroatoms. The Balaban J connectivity index is 1.99. The van der Waals surface area contributed by atoms with E-state index >= 15 is 0 Å². The SMILES string of the molecule is CC(C)(C)OC(=O)N1CCC(S(=O)(=O)Nc2ccccc2)C1. The standard InChI is InChI=1S/C15H22N2O4S/c1-15(2,3)21-14(18)17-10-9-13(11-17)22(19,20)16-12-7-5-4-6-8-12/h4-8,13,16H,9-11H2,1-3H3. The zero-order valence-corrected chi connectivity index (χ0v) is 13.9. The van der Waals surface area contributed by atoms with E-state index in [1.54, 1.807) is 45.0 Å². The lowest BCUT2D eigenvalue weighted by Crippen LogP contribution is -2.37. The number of para-hydroxylation sites is 1. The molecule has 0 bridgehead atoms. The number of benzene rings is 1. The monoisotopic (exact) mass is 326 g/mol. The molecule has 1 aliphatic heterocycles. The molecule has 0 aliphatic carbocycles. The van der Waals surface area contributed by atoms with Crippen LogP contribution in [0.5, 0.6) is 0 Å². The molecule has 0 saturated carbocycles. The number of nitrogens with one attached hydrogen (secondary N) is 1. The van der Waals surface area contributed by atoms with E-state index in [0.29, 0.717) is 18.7 Å². The van der Waals surface area contributed by atoms with E-state index in [2.05, 4.69) is 4.72 Å². The second-order valence-electron chi connectivity index (χ2n) is 6.35. The Hall–Kier alpha value is -1.76. The first-order valence-electron chi connectivity index (χ1n) is 7.22. The number of amides is 1. The van der Waals surface area contributed by atoms with Crippen molar-refractivity contribution in [1.82, 2.24) is 4.90 Å². The molecule has 122 valence electrons. The molecule has 1 heterocycles. The maximum atomic E-state index is 12.4. The molecule has 1 aromatic carbocycles. The van der Waals surface area contributed by atoms with Gasteiger partial charge in [-0.3, -0.25) is 4.72 Å². The Morgan fingerprint density at radius 2 is 1.91 bits per heavy atom. The average molecular weight is 326 g/mol. The lowest BCUT2D eigenvalue weighted by atomic mass is 10.2. The molecule has 1 saturated heterocycles. The van der Waals surface area contributed by atoms with Gasteiger partial charge in [-0.1, -0.05) is 18.2 Å². The van der Waals surface area contributed by atoms with Gasteiger partial charge in [-0.2, -0.15) is 0 Å². The maximum absolute atomic E-state index is 12.4. The third kappa shape index (κ3) is 4.37. The van der Waals surface area contributed by atoms with Gasteiger partial charge in [0, 0.05) is 18.8 Å². The highest BCUT2D eigenvalue weighted by atomic mass is 32.2. The number of ether oxygens (including phenoxy) is 1. The summed E-state index contributed by atoms with van der Waals surface area (Å²) in [7, 11) is -3.52. The smallest absolute Gasteiger partial charge is 0.410 e. The summed E-state index contributed by atoms with van der Waals surface area (Å²) in [5.74, 6) is 0. The van der Waals surface area contributed by atoms with E-state index in [-0.39, 0.29) is 6.54 Å². The van der Waals surface area contributed by atoms with Gasteiger partial charge in [-0.25, -0.2) is 13.2 Å². The fraction of sp³-hybridized carbons (Fsp3) is 0.533. The lowest BCUT2D eigenvalue weighted by Gasteiger charge is -2.24. The van der Waals surface area contributed by atoms with E-state index in [1.807, 2.05) is 6.07 Å². The molecule has 1 aromatic rings. The van der Waals surface area contributed by atoms with E-state index in [4.69, 9.17) is 4.74 Å². The Bertz CT molecular complexity index is 623. The van der Waals surface area contributed by atoms with Crippen LogP contribution in [0.4, 0.5) is 10.5 Å². The minimum Gasteiger partial charge on any atom is -0.444 e. The molecule has 1 aliphatic rings. The molecule has 1 atom stereocenters. The summed E-state index contributed by atoms with van der Waals surface area (Å²) >= 11 is 0. The highest BCUT2D eigenvalue weighted by molar-refractivity contribution is 7.93. The molecule has 22 heavy (non-hydrogen) atoms. The number of hydrogen-bond acceptors (Lipinski definition) is 4. The predicted octanol–water partition coefficient (Wildman–Crippen LogP) is 2.44. The van der Waals surface area contributed by atoms with E-state index in [1.165, 1.54) is 4.90 Å². The van der Waals surface area contributed by atoms with Crippen LogP contribution in [0.25, 0.3) is 0 Å². The number of anilines is 1. The van der Waals surface area contributed by atoms with Crippen LogP contribution in [0.1, 0.15) is 27.2 Å². The number of likely N-dealkylation sites (tertiary alicyclic amines) is 1. The van der Waals surface area contributed by atoms with Gasteiger partial charge in [0.25, 0.3) is 0 Å². The Labute approximate surface area is 131 Å². The Kier molecular flexibility index (Phi) is 4.65. The van der Waals surface area contributed by atoms with Gasteiger partial charge in [0.2, 0.25) is 10.0 Å². The van der Waals surface area contributed by atoms with E-state index < -0.39 is 27.0 Å². The number of carbonyl (C=O) groups excluding carboxylic acids is 1. The van der Waals surface area contributed by atoms with Crippen molar-refractivity contribution in [2.45, 2.75) is 38.0 Å². The fourth-order valence-electron chi connectivity index (χ4n) is 2.23. The van der Waals surface area contributed by atoms with Gasteiger partial charge in [0.15, 0.2) is 0 Å². The molecule has 0 radical (unpaired) electrons. The topological polar surface area (TPSA) is 75.7 Å². The molecular weight excluding hydrogens is 304 g/mol. The van der Waals surface area contributed by atoms with Crippen LogP contribution in [0.3, 0.4) is 0 Å². The number of rotatable bonds is 3. The van der Waals surface area contributed by atoms with Gasteiger partial charge in [-0.15, -0.1) is 0 Å². The van der Waals surface area contributed by atoms with Crippen molar-refractivity contribution in [2.24, 2.45) is 0 Å². The molecule has 0 aromatic heterocycles. The second kappa shape index (κ2) is 6.16. The largest absolute Gasteiger partial charge is 0.444 e. The Morgan fingerprint density at radius 1 is 1.27 bits per heavy atom. The Morgan fingerprint density at radius 3 is 2.50 bits per heavy atom. The van der Waals surface area contributed by atoms with Crippen molar-refractivity contribution < 1.29 is 17.9 Å². The van der Waals surface area contributed by atoms with Gasteiger partial charge in [-0.05, 0) is 39.3 Å². The average Bonchev–Trinajstić information content (AvgIpc) is 2.87. The highest BCUT2D eigenvalue weighted by Gasteiger charge is 2.36. The van der Waals surface area contributed by atoms with Crippen LogP contribution >= 0.6 is 0 Å². The summed E-state index contributed by atoms with van der Waals surface area (Å²) in [6, 6.07) is 8.73. The molecule has 2 rings (SSSR count). The van der Waals surface area contributed by atoms with Crippen molar-refractivity contribution >= 4 is 21.8 Å². The van der Waals surface area contributed by atoms with Crippen molar-refractivity contribution in [3.63, 3.8) is 0 Å². The molecule has 1 fully saturated rings. The minimum absolute atomic E-state index is 0.150. The molecule has 1 unspecified atom stereocenters. The third-order valence-electron chi connectivity index (χ3n) is 3.27. The summed E-state index contributed by atoms with van der Waals surface area (Å²) in [4.78, 5) is 13.4. The van der Waals surface area contributed by atoms with Crippen molar-refractivity contribution in [3.8, 4) is 0 Å². The summed E-state index contributed by atoms with van der Waals surface area (Å²) in [5.41, 5.74) is -0.0608. The zero-order chi connectivity index (χ0) is 16.4. The van der Waals surface area contributed by atoms with Crippen molar-refractivity contribution in [3.05, 3.63) is 30.3 Å². The van der Waals surface area contributed by atoms with Crippen molar-refractivity contribution in [2.75, 3.05) is 17.8 Å². The van der Waals surface area contributed by atoms with Gasteiger partial charge in [0.05, 0.1) is 5.25 Å². The second-order valence-corrected chi connectivity index (χ2v) is 8.31. The molecule has 1 N–H and O–H groups in total. The first-order valence-corrected chi connectivity index (χ1v) is 8.77. The molecule has 6 nitrogen and oxygen atoms in total. The number of hydrogen-bond donors (Lipinski definition) is 1. The number of carbonyl (C=O) groups is 1. The van der Waals surface area contributed by atoms with Gasteiger partial charge in [0.1, 0.15) is 5.60 Å². The fourth-order valence-corrected chi connectivity index (χ4v) is 3.65. The number of sulfonamides is 1. The maximum Gasteiger partial charge on any atom is 0.410 e. The van der Waals surface area contributed by atoms with Gasteiger partial charge < -0.3 is 9.64 Å². The first kappa shape index (κ1) is 16.6. The summed E-state index contributed by atoms with van der Waals surface area (Å²) in [5, 5.41) is -0.625. The van der Waals surface area contributed by atoms with Crippen LogP contribution in [-0.4, -0.2) is 43.4 Å². The summed E-state index contributed by atoms with van der Waals surface area (Å²) in [6.45, 7) is 5.89. The van der Waals surface area contributed by atoms with Crippen molar-refractivity contribution in [1.29, 1.82) is 0 Å². The van der Waals surface area contributed by atoms with Crippen LogP contribution in [0.15, 0.2) is 30.3 Å². The van der Waals surface area contributed by atoms with Gasteiger partial charge >= 0.3 is 6.09 Å².